The van der Waals surface area contributed by atoms with Crippen LogP contribution >= 0.6 is 7.26 Å². The molecule has 2 aliphatic heterocycles. The fourth-order valence-corrected chi connectivity index (χ4v) is 8.49. The van der Waals surface area contributed by atoms with Crippen LogP contribution in [0.3, 0.4) is 0 Å². The van der Waals surface area contributed by atoms with Crippen LogP contribution in [0.2, 0.25) is 0 Å². The summed E-state index contributed by atoms with van der Waals surface area (Å²) < 4.78 is 0. The molecule has 2 aromatic carbocycles. The van der Waals surface area contributed by atoms with Crippen molar-refractivity contribution in [2.75, 3.05) is 12.3 Å². The van der Waals surface area contributed by atoms with Gasteiger partial charge < -0.3 is 0 Å². The number of benzene rings is 2. The second kappa shape index (κ2) is 3.25. The highest BCUT2D eigenvalue weighted by atomic mass is 31.2. The van der Waals surface area contributed by atoms with Crippen LogP contribution in [0.1, 0.15) is 16.7 Å². The Hall–Kier alpha value is -1.13. The van der Waals surface area contributed by atoms with Gasteiger partial charge in [0.05, 0.1) is 12.6 Å². The maximum atomic E-state index is 2.38. The lowest BCUT2D eigenvalue weighted by atomic mass is 10.0. The van der Waals surface area contributed by atoms with E-state index >= 15 is 0 Å². The molecule has 18 heavy (non-hydrogen) atoms. The van der Waals surface area contributed by atoms with E-state index < -0.39 is 7.26 Å². The Morgan fingerprint density at radius 3 is 1.83 bits per heavy atom. The maximum Gasteiger partial charge on any atom is 0.176 e. The van der Waals surface area contributed by atoms with Gasteiger partial charge in [-0.15, -0.1) is 0 Å². The monoisotopic (exact) mass is 253 g/mol. The molecular formula is C17H18P+. The number of rotatable bonds is 2. The normalized spacial score (nSPS) is 31.9. The van der Waals surface area contributed by atoms with Crippen LogP contribution in [0.5, 0.6) is 0 Å². The zero-order valence-electron chi connectivity index (χ0n) is 11.0. The summed E-state index contributed by atoms with van der Waals surface area (Å²) in [6.07, 6.45) is 2.93. The van der Waals surface area contributed by atoms with Crippen LogP contribution in [-0.4, -0.2) is 12.3 Å². The molecule has 90 valence electrons. The molecule has 0 saturated carbocycles. The quantitative estimate of drug-likeness (QED) is 0.713. The molecule has 0 bridgehead atoms. The van der Waals surface area contributed by atoms with Crippen molar-refractivity contribution < 1.29 is 0 Å². The third kappa shape index (κ3) is 1.25. The van der Waals surface area contributed by atoms with Crippen molar-refractivity contribution in [1.82, 2.24) is 0 Å². The van der Waals surface area contributed by atoms with Gasteiger partial charge in [0.1, 0.15) is 12.3 Å². The lowest BCUT2D eigenvalue weighted by molar-refractivity contribution is 0.944. The number of aryl methyl sites for hydroxylation is 2. The molecule has 0 unspecified atom stereocenters. The summed E-state index contributed by atoms with van der Waals surface area (Å²) >= 11 is 0. The van der Waals surface area contributed by atoms with E-state index in [4.69, 9.17) is 0 Å². The maximum absolute atomic E-state index is 2.38. The van der Waals surface area contributed by atoms with Crippen molar-refractivity contribution in [2.24, 2.45) is 0 Å². The SMILES string of the molecule is Cc1ccc(C23C[P+]2(c2ccc(C)cc2)C3)cc1. The average molecular weight is 253 g/mol. The van der Waals surface area contributed by atoms with E-state index in [0.717, 1.165) is 0 Å². The average Bonchev–Trinajstić information content (AvgIpc) is 3.17. The lowest BCUT2D eigenvalue weighted by Gasteiger charge is -1.96. The highest BCUT2D eigenvalue weighted by Crippen LogP contribution is 3.05. The van der Waals surface area contributed by atoms with Gasteiger partial charge in [0, 0.05) is 5.56 Å². The molecule has 2 aliphatic rings. The van der Waals surface area contributed by atoms with E-state index in [9.17, 15) is 0 Å². The predicted molar refractivity (Wildman–Crippen MR) is 80.3 cm³/mol. The summed E-state index contributed by atoms with van der Waals surface area (Å²) in [5.74, 6) is 0. The van der Waals surface area contributed by atoms with E-state index in [1.807, 2.05) is 0 Å². The van der Waals surface area contributed by atoms with E-state index in [1.54, 1.807) is 10.9 Å². The first-order valence-corrected chi connectivity index (χ1v) is 8.84. The second-order valence-corrected chi connectivity index (χ2v) is 9.96. The molecule has 1 heteroatoms. The van der Waals surface area contributed by atoms with Gasteiger partial charge in [0.25, 0.3) is 0 Å². The van der Waals surface area contributed by atoms with Gasteiger partial charge >= 0.3 is 0 Å². The largest absolute Gasteiger partial charge is 0.176 e. The number of fused-ring (bicyclic) bond motifs is 1. The van der Waals surface area contributed by atoms with Crippen LogP contribution in [-0.2, 0) is 5.16 Å². The molecule has 0 aromatic heterocycles. The molecule has 0 nitrogen and oxygen atoms in total. The molecule has 0 aliphatic carbocycles. The van der Waals surface area contributed by atoms with E-state index in [0.29, 0.717) is 5.16 Å². The topological polar surface area (TPSA) is 0 Å². The summed E-state index contributed by atoms with van der Waals surface area (Å²) in [5.41, 5.74) is 4.35. The molecule has 2 aromatic rings. The third-order valence-electron chi connectivity index (χ3n) is 4.79. The Morgan fingerprint density at radius 2 is 1.28 bits per heavy atom. The minimum absolute atomic E-state index is 0.607. The lowest BCUT2D eigenvalue weighted by Crippen LogP contribution is -2.00. The molecule has 0 radical (unpaired) electrons. The highest BCUT2D eigenvalue weighted by molar-refractivity contribution is 7.98. The summed E-state index contributed by atoms with van der Waals surface area (Å²) in [4.78, 5) is 0. The Labute approximate surface area is 109 Å². The van der Waals surface area contributed by atoms with Crippen LogP contribution in [0.15, 0.2) is 48.5 Å². The van der Waals surface area contributed by atoms with Gasteiger partial charge in [-0.2, -0.15) is 0 Å². The summed E-state index contributed by atoms with van der Waals surface area (Å²) in [5, 5.41) is 2.27. The van der Waals surface area contributed by atoms with Gasteiger partial charge in [-0.25, -0.2) is 0 Å². The first kappa shape index (κ1) is 10.8. The van der Waals surface area contributed by atoms with E-state index in [1.165, 1.54) is 23.5 Å². The molecule has 2 heterocycles. The fraction of sp³-hybridized carbons (Fsp3) is 0.294. The van der Waals surface area contributed by atoms with Gasteiger partial charge in [0.2, 0.25) is 0 Å². The first-order chi connectivity index (χ1) is 8.66. The zero-order valence-corrected chi connectivity index (χ0v) is 11.9. The van der Waals surface area contributed by atoms with Crippen molar-refractivity contribution >= 4 is 12.6 Å². The molecular weight excluding hydrogens is 235 g/mol. The Bertz CT molecular complexity index is 546. The van der Waals surface area contributed by atoms with Crippen LogP contribution in [0.4, 0.5) is 0 Å². The van der Waals surface area contributed by atoms with Crippen molar-refractivity contribution in [2.45, 2.75) is 19.0 Å². The van der Waals surface area contributed by atoms with Crippen LogP contribution in [0.25, 0.3) is 0 Å². The van der Waals surface area contributed by atoms with Crippen LogP contribution < -0.4 is 5.30 Å². The van der Waals surface area contributed by atoms with Gasteiger partial charge in [-0.1, -0.05) is 47.5 Å². The predicted octanol–water partition coefficient (Wildman–Crippen LogP) is 3.87. The molecule has 4 rings (SSSR count). The van der Waals surface area contributed by atoms with Gasteiger partial charge in [-0.05, 0) is 26.0 Å². The highest BCUT2D eigenvalue weighted by Gasteiger charge is 2.95. The second-order valence-electron chi connectivity index (χ2n) is 6.02. The minimum atomic E-state index is -0.739. The number of hydrogen-bond acceptors (Lipinski definition) is 0. The van der Waals surface area contributed by atoms with Crippen LogP contribution in [0, 0.1) is 13.8 Å². The molecule has 2 saturated heterocycles. The fourth-order valence-electron chi connectivity index (χ4n) is 3.33. The Morgan fingerprint density at radius 1 is 0.778 bits per heavy atom. The van der Waals surface area contributed by atoms with E-state index in [-0.39, 0.29) is 0 Å². The van der Waals surface area contributed by atoms with E-state index in [2.05, 4.69) is 62.4 Å². The molecule has 0 atom stereocenters. The van der Waals surface area contributed by atoms with Gasteiger partial charge in [-0.3, -0.25) is 0 Å². The summed E-state index contributed by atoms with van der Waals surface area (Å²) in [6.45, 7) is 4.34. The smallest absolute Gasteiger partial charge is 0.0589 e. The molecule has 0 spiro atoms. The summed E-state index contributed by atoms with van der Waals surface area (Å²) in [7, 11) is -0.739. The van der Waals surface area contributed by atoms with Crippen molar-refractivity contribution in [3.8, 4) is 0 Å². The first-order valence-electron chi connectivity index (χ1n) is 6.68. The molecule has 2 fully saturated rings. The van der Waals surface area contributed by atoms with Gasteiger partial charge in [0.15, 0.2) is 5.16 Å². The minimum Gasteiger partial charge on any atom is -0.0589 e. The zero-order chi connectivity index (χ0) is 12.4. The molecule has 0 N–H and O–H groups in total. The standard InChI is InChI=1S/C17H18P/c1-13-3-7-15(8-4-13)17-11-18(17,12-17)16-9-5-14(2)6-10-16/h3-10H,11-12H2,1-2H3/q+1. The van der Waals surface area contributed by atoms with Crippen molar-refractivity contribution in [1.29, 1.82) is 0 Å². The Kier molecular flexibility index (Phi) is 1.94. The number of hydrogen-bond donors (Lipinski definition) is 0. The third-order valence-corrected chi connectivity index (χ3v) is 9.69. The van der Waals surface area contributed by atoms with Crippen molar-refractivity contribution in [3.63, 3.8) is 0 Å². The molecule has 0 amide bonds. The summed E-state index contributed by atoms with van der Waals surface area (Å²) in [6, 6.07) is 18.6. The Balaban J connectivity index is 1.68. The van der Waals surface area contributed by atoms with Crippen molar-refractivity contribution in [3.05, 3.63) is 65.2 Å².